The number of urea groups is 1. The van der Waals surface area contributed by atoms with E-state index < -0.39 is 24.0 Å². The van der Waals surface area contributed by atoms with Crippen LogP contribution in [0.15, 0.2) is 30.3 Å². The second-order valence-electron chi connectivity index (χ2n) is 4.50. The smallest absolute Gasteiger partial charge is 0.331 e. The van der Waals surface area contributed by atoms with E-state index in [2.05, 4.69) is 10.6 Å². The summed E-state index contributed by atoms with van der Waals surface area (Å²) >= 11 is 0. The molecule has 7 nitrogen and oxygen atoms in total. The summed E-state index contributed by atoms with van der Waals surface area (Å²) < 4.78 is 10.1. The third kappa shape index (κ3) is 6.21. The van der Waals surface area contributed by atoms with Gasteiger partial charge in [0.1, 0.15) is 5.75 Å². The predicted octanol–water partition coefficient (Wildman–Crippen LogP) is 1.49. The highest BCUT2D eigenvalue weighted by Crippen LogP contribution is 2.18. The SMILES string of the molecule is CCNC(=O)NC(=O)[C@H](C)OC(=O)/C=C/c1ccccc1OC. The maximum Gasteiger partial charge on any atom is 0.331 e. The fourth-order valence-corrected chi connectivity index (χ4v) is 1.65. The lowest BCUT2D eigenvalue weighted by molar-refractivity contribution is -0.149. The molecule has 0 saturated carbocycles. The van der Waals surface area contributed by atoms with Crippen molar-refractivity contribution < 1.29 is 23.9 Å². The van der Waals surface area contributed by atoms with E-state index in [0.29, 0.717) is 17.9 Å². The first kappa shape index (κ1) is 18.2. The minimum atomic E-state index is -1.09. The first-order chi connectivity index (χ1) is 11.0. The minimum absolute atomic E-state index is 0.384. The van der Waals surface area contributed by atoms with Gasteiger partial charge in [-0.2, -0.15) is 0 Å². The molecular weight excluding hydrogens is 300 g/mol. The lowest BCUT2D eigenvalue weighted by atomic mass is 10.2. The first-order valence-electron chi connectivity index (χ1n) is 7.08. The van der Waals surface area contributed by atoms with Gasteiger partial charge in [-0.1, -0.05) is 18.2 Å². The van der Waals surface area contributed by atoms with Crippen LogP contribution in [0.25, 0.3) is 6.08 Å². The van der Waals surface area contributed by atoms with Crippen molar-refractivity contribution in [2.45, 2.75) is 20.0 Å². The molecule has 1 rings (SSSR count). The van der Waals surface area contributed by atoms with Gasteiger partial charge >= 0.3 is 12.0 Å². The van der Waals surface area contributed by atoms with E-state index in [-0.39, 0.29) is 0 Å². The van der Waals surface area contributed by atoms with Crippen LogP contribution in [-0.4, -0.2) is 37.7 Å². The molecule has 0 saturated heterocycles. The second-order valence-corrected chi connectivity index (χ2v) is 4.50. The summed E-state index contributed by atoms with van der Waals surface area (Å²) in [6.07, 6.45) is 1.62. The molecule has 1 aromatic carbocycles. The number of nitrogens with one attached hydrogen (secondary N) is 2. The zero-order chi connectivity index (χ0) is 17.2. The Kier molecular flexibility index (Phi) is 7.32. The molecule has 0 aliphatic heterocycles. The van der Waals surface area contributed by atoms with Crippen molar-refractivity contribution in [1.29, 1.82) is 0 Å². The van der Waals surface area contributed by atoms with Crippen LogP contribution in [0.1, 0.15) is 19.4 Å². The summed E-state index contributed by atoms with van der Waals surface area (Å²) in [5.41, 5.74) is 0.700. The van der Waals surface area contributed by atoms with Crippen LogP contribution < -0.4 is 15.4 Å². The predicted molar refractivity (Wildman–Crippen MR) is 84.8 cm³/mol. The molecule has 0 spiro atoms. The zero-order valence-corrected chi connectivity index (χ0v) is 13.3. The Bertz CT molecular complexity index is 598. The lowest BCUT2D eigenvalue weighted by Crippen LogP contribution is -2.44. The number of hydrogen-bond donors (Lipinski definition) is 2. The highest BCUT2D eigenvalue weighted by Gasteiger charge is 2.18. The quantitative estimate of drug-likeness (QED) is 0.612. The van der Waals surface area contributed by atoms with Crippen LogP contribution in [0.2, 0.25) is 0 Å². The van der Waals surface area contributed by atoms with E-state index in [1.807, 2.05) is 6.07 Å². The molecule has 7 heteroatoms. The summed E-state index contributed by atoms with van der Waals surface area (Å²) in [7, 11) is 1.53. The Labute approximate surface area is 134 Å². The number of imide groups is 1. The summed E-state index contributed by atoms with van der Waals surface area (Å²) in [6.45, 7) is 3.48. The highest BCUT2D eigenvalue weighted by atomic mass is 16.5. The van der Waals surface area contributed by atoms with Crippen LogP contribution >= 0.6 is 0 Å². The average Bonchev–Trinajstić information content (AvgIpc) is 2.53. The van der Waals surface area contributed by atoms with Gasteiger partial charge in [-0.25, -0.2) is 9.59 Å². The van der Waals surface area contributed by atoms with Crippen molar-refractivity contribution in [3.05, 3.63) is 35.9 Å². The average molecular weight is 320 g/mol. The number of rotatable bonds is 6. The number of para-hydroxylation sites is 1. The van der Waals surface area contributed by atoms with Crippen molar-refractivity contribution in [2.24, 2.45) is 0 Å². The van der Waals surface area contributed by atoms with Gasteiger partial charge in [0.05, 0.1) is 7.11 Å². The van der Waals surface area contributed by atoms with Gasteiger partial charge in [-0.05, 0) is 26.0 Å². The van der Waals surface area contributed by atoms with E-state index in [4.69, 9.17) is 9.47 Å². The molecule has 0 aliphatic rings. The van der Waals surface area contributed by atoms with Crippen LogP contribution in [-0.2, 0) is 14.3 Å². The summed E-state index contributed by atoms with van der Waals surface area (Å²) in [6, 6.07) is 6.50. The summed E-state index contributed by atoms with van der Waals surface area (Å²) in [4.78, 5) is 34.6. The van der Waals surface area contributed by atoms with Crippen molar-refractivity contribution in [3.63, 3.8) is 0 Å². The number of methoxy groups -OCH3 is 1. The Hall–Kier alpha value is -2.83. The maximum absolute atomic E-state index is 11.7. The number of carbonyl (C=O) groups excluding carboxylic acids is 3. The maximum atomic E-state index is 11.7. The summed E-state index contributed by atoms with van der Waals surface area (Å²) in [5.74, 6) is -0.789. The summed E-state index contributed by atoms with van der Waals surface area (Å²) in [5, 5.41) is 4.47. The molecule has 2 N–H and O–H groups in total. The molecule has 1 aromatic rings. The van der Waals surface area contributed by atoms with E-state index in [1.165, 1.54) is 26.2 Å². The third-order valence-electron chi connectivity index (χ3n) is 2.77. The van der Waals surface area contributed by atoms with E-state index in [9.17, 15) is 14.4 Å². The van der Waals surface area contributed by atoms with Gasteiger partial charge in [-0.3, -0.25) is 10.1 Å². The normalized spacial score (nSPS) is 11.6. The standard InChI is InChI=1S/C16H20N2O5/c1-4-17-16(21)18-15(20)11(2)23-14(19)10-9-12-7-5-6-8-13(12)22-3/h5-11H,4H2,1-3H3,(H2,17,18,20,21)/b10-9+/t11-/m0/s1. The molecule has 0 unspecified atom stereocenters. The number of ether oxygens (including phenoxy) is 2. The molecule has 0 fully saturated rings. The molecule has 124 valence electrons. The Balaban J connectivity index is 2.57. The Morgan fingerprint density at radius 2 is 1.96 bits per heavy atom. The van der Waals surface area contributed by atoms with E-state index in [0.717, 1.165) is 0 Å². The third-order valence-corrected chi connectivity index (χ3v) is 2.77. The molecule has 0 bridgehead atoms. The van der Waals surface area contributed by atoms with Gasteiger partial charge in [0.25, 0.3) is 5.91 Å². The molecule has 0 radical (unpaired) electrons. The lowest BCUT2D eigenvalue weighted by Gasteiger charge is -2.11. The number of amides is 3. The van der Waals surface area contributed by atoms with Crippen LogP contribution in [0.5, 0.6) is 5.75 Å². The Morgan fingerprint density at radius 1 is 1.26 bits per heavy atom. The minimum Gasteiger partial charge on any atom is -0.496 e. The topological polar surface area (TPSA) is 93.7 Å². The first-order valence-corrected chi connectivity index (χ1v) is 7.08. The largest absolute Gasteiger partial charge is 0.496 e. The van der Waals surface area contributed by atoms with E-state index >= 15 is 0 Å². The second kappa shape index (κ2) is 9.24. The Morgan fingerprint density at radius 3 is 2.61 bits per heavy atom. The van der Waals surface area contributed by atoms with Gasteiger partial charge in [0.15, 0.2) is 6.10 Å². The van der Waals surface area contributed by atoms with Crippen LogP contribution in [0, 0.1) is 0 Å². The fourth-order valence-electron chi connectivity index (χ4n) is 1.65. The number of benzene rings is 1. The van der Waals surface area contributed by atoms with Crippen LogP contribution in [0.3, 0.4) is 0 Å². The van der Waals surface area contributed by atoms with Crippen molar-refractivity contribution >= 4 is 24.0 Å². The molecule has 3 amide bonds. The molecule has 0 heterocycles. The molecule has 0 aromatic heterocycles. The van der Waals surface area contributed by atoms with Gasteiger partial charge < -0.3 is 14.8 Å². The molecule has 1 atom stereocenters. The van der Waals surface area contributed by atoms with Crippen molar-refractivity contribution in [1.82, 2.24) is 10.6 Å². The number of carbonyl (C=O) groups is 3. The highest BCUT2D eigenvalue weighted by molar-refractivity contribution is 5.98. The van der Waals surface area contributed by atoms with Gasteiger partial charge in [-0.15, -0.1) is 0 Å². The van der Waals surface area contributed by atoms with Crippen molar-refractivity contribution in [2.75, 3.05) is 13.7 Å². The molecule has 23 heavy (non-hydrogen) atoms. The zero-order valence-electron chi connectivity index (χ0n) is 13.3. The van der Waals surface area contributed by atoms with Crippen LogP contribution in [0.4, 0.5) is 4.79 Å². The molecule has 0 aliphatic carbocycles. The van der Waals surface area contributed by atoms with Crippen molar-refractivity contribution in [3.8, 4) is 5.75 Å². The molecular formula is C16H20N2O5. The van der Waals surface area contributed by atoms with Gasteiger partial charge in [0, 0.05) is 18.2 Å². The number of hydrogen-bond acceptors (Lipinski definition) is 5. The number of esters is 1. The van der Waals surface area contributed by atoms with E-state index in [1.54, 1.807) is 25.1 Å². The fraction of sp³-hybridized carbons (Fsp3) is 0.312. The van der Waals surface area contributed by atoms with Gasteiger partial charge in [0.2, 0.25) is 0 Å². The monoisotopic (exact) mass is 320 g/mol.